The summed E-state index contributed by atoms with van der Waals surface area (Å²) in [5.41, 5.74) is 1.53. The molecule has 2 heterocycles. The molecule has 0 amide bonds. The summed E-state index contributed by atoms with van der Waals surface area (Å²) < 4.78 is 5.89. The third-order valence-corrected chi connectivity index (χ3v) is 6.69. The number of benzene rings is 1. The zero-order valence-corrected chi connectivity index (χ0v) is 13.6. The van der Waals surface area contributed by atoms with E-state index < -0.39 is 0 Å². The smallest absolute Gasteiger partial charge is 0.247 e. The Bertz CT molecular complexity index is 712. The normalized spacial score (nSPS) is 35.8. The van der Waals surface area contributed by atoms with Crippen LogP contribution in [0.2, 0.25) is 0 Å². The van der Waals surface area contributed by atoms with Gasteiger partial charge in [-0.15, -0.1) is 10.2 Å². The van der Waals surface area contributed by atoms with Crippen molar-refractivity contribution in [3.63, 3.8) is 0 Å². The van der Waals surface area contributed by atoms with Gasteiger partial charge in [-0.05, 0) is 54.6 Å². The van der Waals surface area contributed by atoms with Gasteiger partial charge >= 0.3 is 0 Å². The van der Waals surface area contributed by atoms with Gasteiger partial charge in [-0.3, -0.25) is 4.90 Å². The average Bonchev–Trinajstić information content (AvgIpc) is 3.30. The Morgan fingerprint density at radius 1 is 1.22 bits per heavy atom. The molecule has 2 bridgehead atoms. The van der Waals surface area contributed by atoms with Gasteiger partial charge in [0.05, 0.1) is 6.54 Å². The standard InChI is InChI=1S/C19H23N3O/c1-19-12-22(10-16(19)14-7-8-15(19)9-14)11-17-20-21-18(23-17)13-5-3-2-4-6-13/h2-6,14-16H,7-12H2,1H3/t14-,15+,16-,19+/m0/s1. The number of aromatic nitrogens is 2. The Kier molecular flexibility index (Phi) is 2.93. The second-order valence-corrected chi connectivity index (χ2v) is 7.92. The largest absolute Gasteiger partial charge is 0.419 e. The lowest BCUT2D eigenvalue weighted by Gasteiger charge is -2.34. The molecular formula is C19H23N3O. The van der Waals surface area contributed by atoms with Crippen molar-refractivity contribution in [2.24, 2.45) is 23.2 Å². The molecule has 0 N–H and O–H groups in total. The lowest BCUT2D eigenvalue weighted by Crippen LogP contribution is -2.32. The van der Waals surface area contributed by atoms with Crippen LogP contribution in [0.15, 0.2) is 34.7 Å². The van der Waals surface area contributed by atoms with Crippen molar-refractivity contribution in [2.75, 3.05) is 13.1 Å². The Balaban J connectivity index is 1.31. The van der Waals surface area contributed by atoms with Crippen LogP contribution >= 0.6 is 0 Å². The average molecular weight is 309 g/mol. The van der Waals surface area contributed by atoms with Crippen molar-refractivity contribution < 1.29 is 4.42 Å². The van der Waals surface area contributed by atoms with Crippen molar-refractivity contribution in [1.82, 2.24) is 15.1 Å². The van der Waals surface area contributed by atoms with Crippen LogP contribution < -0.4 is 0 Å². The molecule has 1 aromatic carbocycles. The molecule has 4 heteroatoms. The van der Waals surface area contributed by atoms with Gasteiger partial charge in [-0.1, -0.05) is 25.1 Å². The third kappa shape index (κ3) is 2.08. The van der Waals surface area contributed by atoms with Crippen LogP contribution in [0.4, 0.5) is 0 Å². The molecule has 2 saturated carbocycles. The van der Waals surface area contributed by atoms with Gasteiger partial charge in [0.1, 0.15) is 0 Å². The molecule has 120 valence electrons. The molecule has 2 aliphatic carbocycles. The van der Waals surface area contributed by atoms with E-state index in [2.05, 4.69) is 22.0 Å². The summed E-state index contributed by atoms with van der Waals surface area (Å²) in [5.74, 6) is 4.19. The Morgan fingerprint density at radius 2 is 2.09 bits per heavy atom. The molecular weight excluding hydrogens is 286 g/mol. The van der Waals surface area contributed by atoms with Crippen molar-refractivity contribution in [3.05, 3.63) is 36.2 Å². The van der Waals surface area contributed by atoms with Gasteiger partial charge in [-0.2, -0.15) is 0 Å². The number of hydrogen-bond acceptors (Lipinski definition) is 4. The van der Waals surface area contributed by atoms with E-state index >= 15 is 0 Å². The molecule has 2 aromatic rings. The van der Waals surface area contributed by atoms with E-state index in [0.29, 0.717) is 11.3 Å². The molecule has 4 atom stereocenters. The second kappa shape index (κ2) is 4.91. The van der Waals surface area contributed by atoms with E-state index in [4.69, 9.17) is 4.42 Å². The van der Waals surface area contributed by atoms with Crippen molar-refractivity contribution >= 4 is 0 Å². The van der Waals surface area contributed by atoms with E-state index in [1.54, 1.807) is 0 Å². The molecule has 1 saturated heterocycles. The number of likely N-dealkylation sites (tertiary alicyclic amines) is 1. The predicted molar refractivity (Wildman–Crippen MR) is 87.4 cm³/mol. The Morgan fingerprint density at radius 3 is 2.91 bits per heavy atom. The fourth-order valence-electron chi connectivity index (χ4n) is 5.58. The van der Waals surface area contributed by atoms with E-state index in [-0.39, 0.29) is 0 Å². The summed E-state index contributed by atoms with van der Waals surface area (Å²) in [7, 11) is 0. The maximum Gasteiger partial charge on any atom is 0.247 e. The minimum Gasteiger partial charge on any atom is -0.419 e. The van der Waals surface area contributed by atoms with Crippen LogP contribution in [0, 0.1) is 23.2 Å². The monoisotopic (exact) mass is 309 g/mol. The lowest BCUT2D eigenvalue weighted by atomic mass is 9.70. The van der Waals surface area contributed by atoms with Crippen LogP contribution in [0.1, 0.15) is 32.1 Å². The van der Waals surface area contributed by atoms with Crippen LogP contribution in [0.5, 0.6) is 0 Å². The minimum atomic E-state index is 0.533. The SMILES string of the molecule is C[C@]12CN(Cc3nnc(-c4ccccc4)o3)C[C@H]1[C@H]1CC[C@@H]2C1. The zero-order valence-electron chi connectivity index (χ0n) is 13.6. The first kappa shape index (κ1) is 13.7. The van der Waals surface area contributed by atoms with Crippen LogP contribution in [-0.2, 0) is 6.54 Å². The van der Waals surface area contributed by atoms with Crippen molar-refractivity contribution in [1.29, 1.82) is 0 Å². The van der Waals surface area contributed by atoms with Crippen molar-refractivity contribution in [2.45, 2.75) is 32.7 Å². The second-order valence-electron chi connectivity index (χ2n) is 7.92. The first-order valence-corrected chi connectivity index (χ1v) is 8.82. The van der Waals surface area contributed by atoms with E-state index in [1.165, 1.54) is 32.4 Å². The van der Waals surface area contributed by atoms with Crippen LogP contribution in [-0.4, -0.2) is 28.2 Å². The van der Waals surface area contributed by atoms with Crippen LogP contribution in [0.25, 0.3) is 11.5 Å². The number of fused-ring (bicyclic) bond motifs is 5. The summed E-state index contributed by atoms with van der Waals surface area (Å²) in [6.45, 7) is 5.72. The summed E-state index contributed by atoms with van der Waals surface area (Å²) in [6, 6.07) is 10.0. The lowest BCUT2D eigenvalue weighted by molar-refractivity contribution is 0.149. The first-order valence-electron chi connectivity index (χ1n) is 8.82. The topological polar surface area (TPSA) is 42.2 Å². The highest BCUT2D eigenvalue weighted by Gasteiger charge is 2.59. The summed E-state index contributed by atoms with van der Waals surface area (Å²) in [6.07, 6.45) is 4.38. The van der Waals surface area contributed by atoms with E-state index in [0.717, 1.165) is 35.8 Å². The molecule has 3 fully saturated rings. The zero-order chi connectivity index (χ0) is 15.4. The van der Waals surface area contributed by atoms with Gasteiger partial charge in [0.25, 0.3) is 0 Å². The molecule has 4 nitrogen and oxygen atoms in total. The number of nitrogens with zero attached hydrogens (tertiary/aromatic N) is 3. The maximum atomic E-state index is 5.89. The number of hydrogen-bond donors (Lipinski definition) is 0. The summed E-state index contributed by atoms with van der Waals surface area (Å²) in [4.78, 5) is 2.54. The Hall–Kier alpha value is -1.68. The minimum absolute atomic E-state index is 0.533. The molecule has 0 spiro atoms. The first-order chi connectivity index (χ1) is 11.2. The predicted octanol–water partition coefficient (Wildman–Crippen LogP) is 3.60. The fraction of sp³-hybridized carbons (Fsp3) is 0.579. The van der Waals surface area contributed by atoms with Gasteiger partial charge in [0, 0.05) is 18.7 Å². The van der Waals surface area contributed by atoms with E-state index in [9.17, 15) is 0 Å². The Labute approximate surface area is 136 Å². The summed E-state index contributed by atoms with van der Waals surface area (Å²) >= 11 is 0. The highest BCUT2D eigenvalue weighted by atomic mass is 16.4. The quantitative estimate of drug-likeness (QED) is 0.868. The molecule has 1 aromatic heterocycles. The third-order valence-electron chi connectivity index (χ3n) is 6.69. The molecule has 1 aliphatic heterocycles. The highest BCUT2D eigenvalue weighted by molar-refractivity contribution is 5.51. The van der Waals surface area contributed by atoms with Crippen molar-refractivity contribution in [3.8, 4) is 11.5 Å². The maximum absolute atomic E-state index is 5.89. The fourth-order valence-corrected chi connectivity index (χ4v) is 5.58. The molecule has 3 aliphatic rings. The molecule has 5 rings (SSSR count). The molecule has 0 unspecified atom stereocenters. The van der Waals surface area contributed by atoms with Gasteiger partial charge in [0.2, 0.25) is 11.8 Å². The van der Waals surface area contributed by atoms with Gasteiger partial charge in [0.15, 0.2) is 0 Å². The van der Waals surface area contributed by atoms with Gasteiger partial charge < -0.3 is 4.42 Å². The van der Waals surface area contributed by atoms with E-state index in [1.807, 2.05) is 30.3 Å². The van der Waals surface area contributed by atoms with Crippen LogP contribution in [0.3, 0.4) is 0 Å². The highest BCUT2D eigenvalue weighted by Crippen LogP contribution is 2.62. The molecule has 23 heavy (non-hydrogen) atoms. The number of rotatable bonds is 3. The molecule has 0 radical (unpaired) electrons. The van der Waals surface area contributed by atoms with Gasteiger partial charge in [-0.25, -0.2) is 0 Å². The summed E-state index contributed by atoms with van der Waals surface area (Å²) in [5, 5.41) is 8.48.